The van der Waals surface area contributed by atoms with E-state index in [1.165, 1.54) is 23.7 Å². The molecule has 0 bridgehead atoms. The number of hydrogen-bond acceptors (Lipinski definition) is 6. The van der Waals surface area contributed by atoms with Gasteiger partial charge in [0, 0.05) is 11.7 Å². The number of nitrogens with one attached hydrogen (secondary N) is 1. The predicted octanol–water partition coefficient (Wildman–Crippen LogP) is 6.25. The van der Waals surface area contributed by atoms with Crippen molar-refractivity contribution in [2.24, 2.45) is 0 Å². The Hall–Kier alpha value is -2.84. The van der Waals surface area contributed by atoms with Crippen LogP contribution in [0.4, 0.5) is 5.69 Å². The second-order valence-electron chi connectivity index (χ2n) is 9.12. The fourth-order valence-electron chi connectivity index (χ4n) is 4.45. The highest BCUT2D eigenvalue weighted by Gasteiger charge is 2.37. The van der Waals surface area contributed by atoms with E-state index in [-0.39, 0.29) is 24.5 Å². The molecule has 6 nitrogen and oxygen atoms in total. The summed E-state index contributed by atoms with van der Waals surface area (Å²) in [5.74, 6) is 0.723. The Morgan fingerprint density at radius 3 is 2.58 bits per heavy atom. The van der Waals surface area contributed by atoms with Crippen LogP contribution in [0.1, 0.15) is 55.7 Å². The van der Waals surface area contributed by atoms with Gasteiger partial charge in [0.05, 0.1) is 11.5 Å². The molecule has 2 fully saturated rings. The lowest BCUT2D eigenvalue weighted by atomic mass is 9.94. The van der Waals surface area contributed by atoms with Crippen LogP contribution in [-0.4, -0.2) is 40.3 Å². The third-order valence-corrected chi connectivity index (χ3v) is 7.81. The SMILES string of the molecule is CCOc1cc(/C=C2\SC(=S)N(C3CCCCC3)C2=O)ccc1OCC(=O)Nc1ccc(C)c(C)c1. The molecule has 2 aromatic rings. The van der Waals surface area contributed by atoms with Gasteiger partial charge in [-0.25, -0.2) is 0 Å². The Kier molecular flexibility index (Phi) is 8.69. The molecule has 2 aromatic carbocycles. The summed E-state index contributed by atoms with van der Waals surface area (Å²) in [5.41, 5.74) is 3.83. The van der Waals surface area contributed by atoms with Crippen LogP contribution in [0, 0.1) is 13.8 Å². The Morgan fingerprint density at radius 1 is 1.08 bits per heavy atom. The molecule has 2 amide bonds. The molecule has 1 aliphatic carbocycles. The molecule has 1 saturated carbocycles. The minimum atomic E-state index is -0.254. The average Bonchev–Trinajstić information content (AvgIpc) is 3.14. The zero-order valence-corrected chi connectivity index (χ0v) is 22.6. The largest absolute Gasteiger partial charge is 0.490 e. The first-order valence-electron chi connectivity index (χ1n) is 12.4. The normalized spacial score (nSPS) is 17.5. The van der Waals surface area contributed by atoms with E-state index in [4.69, 9.17) is 21.7 Å². The van der Waals surface area contributed by atoms with Crippen molar-refractivity contribution >= 4 is 51.9 Å². The van der Waals surface area contributed by atoms with Crippen molar-refractivity contribution in [3.8, 4) is 11.5 Å². The number of thiocarbonyl (C=S) groups is 1. The second kappa shape index (κ2) is 11.9. The first kappa shape index (κ1) is 26.2. The highest BCUT2D eigenvalue weighted by atomic mass is 32.2. The van der Waals surface area contributed by atoms with Crippen LogP contribution < -0.4 is 14.8 Å². The topological polar surface area (TPSA) is 67.9 Å². The van der Waals surface area contributed by atoms with Gasteiger partial charge in [-0.15, -0.1) is 0 Å². The molecular weight excluding hydrogens is 492 g/mol. The van der Waals surface area contributed by atoms with Gasteiger partial charge in [-0.05, 0) is 80.6 Å². The van der Waals surface area contributed by atoms with Crippen molar-refractivity contribution < 1.29 is 19.1 Å². The highest BCUT2D eigenvalue weighted by molar-refractivity contribution is 8.26. The van der Waals surface area contributed by atoms with E-state index in [0.717, 1.165) is 42.5 Å². The molecule has 190 valence electrons. The van der Waals surface area contributed by atoms with Crippen molar-refractivity contribution in [3.05, 3.63) is 58.0 Å². The molecule has 2 aliphatic rings. The number of aryl methyl sites for hydroxylation is 2. The number of benzene rings is 2. The van der Waals surface area contributed by atoms with Gasteiger partial charge in [0.15, 0.2) is 18.1 Å². The van der Waals surface area contributed by atoms with E-state index < -0.39 is 0 Å². The van der Waals surface area contributed by atoms with E-state index in [9.17, 15) is 9.59 Å². The Bertz CT molecular complexity index is 1190. The number of carbonyl (C=O) groups is 2. The van der Waals surface area contributed by atoms with Gasteiger partial charge in [0.25, 0.3) is 11.8 Å². The lowest BCUT2D eigenvalue weighted by Gasteiger charge is -2.29. The highest BCUT2D eigenvalue weighted by Crippen LogP contribution is 2.38. The number of nitrogens with zero attached hydrogens (tertiary/aromatic N) is 1. The van der Waals surface area contributed by atoms with Crippen LogP contribution in [-0.2, 0) is 9.59 Å². The van der Waals surface area contributed by atoms with E-state index in [1.54, 1.807) is 11.0 Å². The van der Waals surface area contributed by atoms with Crippen LogP contribution in [0.2, 0.25) is 0 Å². The number of amides is 2. The van der Waals surface area contributed by atoms with Crippen molar-refractivity contribution in [1.29, 1.82) is 0 Å². The predicted molar refractivity (Wildman–Crippen MR) is 150 cm³/mol. The summed E-state index contributed by atoms with van der Waals surface area (Å²) in [7, 11) is 0. The van der Waals surface area contributed by atoms with Gasteiger partial charge in [-0.2, -0.15) is 0 Å². The molecule has 1 saturated heterocycles. The van der Waals surface area contributed by atoms with Gasteiger partial charge in [0.1, 0.15) is 4.32 Å². The quantitative estimate of drug-likeness (QED) is 0.325. The summed E-state index contributed by atoms with van der Waals surface area (Å²) in [5, 5.41) is 2.86. The molecule has 0 radical (unpaired) electrons. The van der Waals surface area contributed by atoms with Crippen LogP contribution in [0.3, 0.4) is 0 Å². The molecular formula is C28H32N2O4S2. The maximum absolute atomic E-state index is 13.1. The number of ether oxygens (including phenoxy) is 2. The zero-order valence-electron chi connectivity index (χ0n) is 21.0. The van der Waals surface area contributed by atoms with Gasteiger partial charge >= 0.3 is 0 Å². The first-order chi connectivity index (χ1) is 17.4. The Balaban J connectivity index is 1.43. The molecule has 8 heteroatoms. The van der Waals surface area contributed by atoms with E-state index in [2.05, 4.69) is 5.32 Å². The third kappa shape index (κ3) is 6.28. The molecule has 4 rings (SSSR count). The molecule has 1 aliphatic heterocycles. The van der Waals surface area contributed by atoms with Crippen LogP contribution >= 0.6 is 24.0 Å². The minimum Gasteiger partial charge on any atom is -0.490 e. The van der Waals surface area contributed by atoms with Crippen molar-refractivity contribution in [2.75, 3.05) is 18.5 Å². The van der Waals surface area contributed by atoms with Gasteiger partial charge in [-0.1, -0.05) is 55.4 Å². The van der Waals surface area contributed by atoms with Gasteiger partial charge in [-0.3, -0.25) is 14.5 Å². The zero-order chi connectivity index (χ0) is 25.7. The average molecular weight is 525 g/mol. The summed E-state index contributed by atoms with van der Waals surface area (Å²) in [4.78, 5) is 28.0. The lowest BCUT2D eigenvalue weighted by Crippen LogP contribution is -2.39. The Labute approximate surface area is 222 Å². The van der Waals surface area contributed by atoms with Gasteiger partial charge < -0.3 is 14.8 Å². The van der Waals surface area contributed by atoms with Crippen molar-refractivity contribution in [1.82, 2.24) is 4.90 Å². The number of thioether (sulfide) groups is 1. The van der Waals surface area contributed by atoms with Crippen LogP contribution in [0.5, 0.6) is 11.5 Å². The minimum absolute atomic E-state index is 0.0156. The van der Waals surface area contributed by atoms with Crippen molar-refractivity contribution in [2.45, 2.75) is 58.9 Å². The molecule has 0 unspecified atom stereocenters. The summed E-state index contributed by atoms with van der Waals surface area (Å²) in [6.07, 6.45) is 7.38. The summed E-state index contributed by atoms with van der Waals surface area (Å²) in [6, 6.07) is 11.4. The molecule has 0 atom stereocenters. The van der Waals surface area contributed by atoms with Crippen LogP contribution in [0.25, 0.3) is 6.08 Å². The molecule has 36 heavy (non-hydrogen) atoms. The number of carbonyl (C=O) groups excluding carboxylic acids is 2. The molecule has 1 N–H and O–H groups in total. The van der Waals surface area contributed by atoms with Crippen LogP contribution in [0.15, 0.2) is 41.3 Å². The van der Waals surface area contributed by atoms with Crippen molar-refractivity contribution in [3.63, 3.8) is 0 Å². The van der Waals surface area contributed by atoms with E-state index in [1.807, 2.05) is 57.2 Å². The maximum atomic E-state index is 13.1. The number of rotatable bonds is 8. The fraction of sp³-hybridized carbons (Fsp3) is 0.393. The third-order valence-electron chi connectivity index (χ3n) is 6.48. The lowest BCUT2D eigenvalue weighted by molar-refractivity contribution is -0.124. The van der Waals surface area contributed by atoms with E-state index in [0.29, 0.717) is 27.3 Å². The van der Waals surface area contributed by atoms with E-state index >= 15 is 0 Å². The first-order valence-corrected chi connectivity index (χ1v) is 13.6. The number of anilines is 1. The number of hydrogen-bond donors (Lipinski definition) is 1. The maximum Gasteiger partial charge on any atom is 0.266 e. The summed E-state index contributed by atoms with van der Waals surface area (Å²) in [6.45, 7) is 6.22. The fourth-order valence-corrected chi connectivity index (χ4v) is 5.85. The summed E-state index contributed by atoms with van der Waals surface area (Å²) < 4.78 is 12.2. The Morgan fingerprint density at radius 2 is 1.86 bits per heavy atom. The standard InChI is InChI=1S/C28H32N2O4S2/c1-4-33-24-15-20(16-25-27(32)30(28(35)36-25)22-8-6-5-7-9-22)11-13-23(24)34-17-26(31)29-21-12-10-18(2)19(3)14-21/h10-16,22H,4-9,17H2,1-3H3,(H,29,31)/b25-16-. The summed E-state index contributed by atoms with van der Waals surface area (Å²) >= 11 is 6.90. The molecule has 0 aromatic heterocycles. The molecule has 1 heterocycles. The smallest absolute Gasteiger partial charge is 0.266 e. The van der Waals surface area contributed by atoms with Gasteiger partial charge in [0.2, 0.25) is 0 Å². The second-order valence-corrected chi connectivity index (χ2v) is 10.8. The molecule has 0 spiro atoms. The monoisotopic (exact) mass is 524 g/mol.